The number of rotatable bonds is 5. The Kier molecular flexibility index (Phi) is 7.29. The molecule has 0 bridgehead atoms. The van der Waals surface area contributed by atoms with E-state index in [2.05, 4.69) is 19.2 Å². The van der Waals surface area contributed by atoms with Crippen LogP contribution in [0.3, 0.4) is 0 Å². The highest BCUT2D eigenvalue weighted by Gasteiger charge is 2.26. The van der Waals surface area contributed by atoms with Crippen LogP contribution in [-0.4, -0.2) is 48.9 Å². The highest BCUT2D eigenvalue weighted by Crippen LogP contribution is 2.21. The number of likely N-dealkylation sites (tertiary alicyclic amines) is 1. The maximum absolute atomic E-state index is 12.2. The van der Waals surface area contributed by atoms with Gasteiger partial charge >= 0.3 is 5.97 Å². The molecule has 1 N–H and O–H groups in total. The number of amides is 2. The largest absolute Gasteiger partial charge is 0.454 e. The standard InChI is InChI=1S/C18H22Cl2N2O4/c1-11-5-12(2)9-22(8-11)16(23)10-26-17(24)7-21-18(25)14-4-3-13(19)6-15(14)20/h3-4,6,11-12H,5,7-10H2,1-2H3,(H,21,25)/t11-,12-/m0/s1. The van der Waals surface area contributed by atoms with Crippen LogP contribution in [0.25, 0.3) is 0 Å². The summed E-state index contributed by atoms with van der Waals surface area (Å²) in [6.07, 6.45) is 1.09. The van der Waals surface area contributed by atoms with Crippen LogP contribution in [0.5, 0.6) is 0 Å². The molecule has 1 aromatic carbocycles. The van der Waals surface area contributed by atoms with E-state index in [4.69, 9.17) is 27.9 Å². The summed E-state index contributed by atoms with van der Waals surface area (Å²) in [7, 11) is 0. The predicted octanol–water partition coefficient (Wildman–Crippen LogP) is 2.77. The fourth-order valence-corrected chi connectivity index (χ4v) is 3.57. The number of piperidine rings is 1. The summed E-state index contributed by atoms with van der Waals surface area (Å²) in [5.41, 5.74) is 0.205. The molecule has 142 valence electrons. The second-order valence-electron chi connectivity index (χ2n) is 6.71. The number of halogens is 2. The maximum atomic E-state index is 12.2. The average Bonchev–Trinajstić information content (AvgIpc) is 2.56. The van der Waals surface area contributed by atoms with Crippen molar-refractivity contribution >= 4 is 41.0 Å². The lowest BCUT2D eigenvalue weighted by atomic mass is 9.92. The van der Waals surface area contributed by atoms with E-state index >= 15 is 0 Å². The first-order valence-corrected chi connectivity index (χ1v) is 9.18. The summed E-state index contributed by atoms with van der Waals surface area (Å²) in [5, 5.41) is 3.01. The Balaban J connectivity index is 1.76. The van der Waals surface area contributed by atoms with Crippen LogP contribution in [0.15, 0.2) is 18.2 Å². The fraction of sp³-hybridized carbons (Fsp3) is 0.500. The molecular formula is C18H22Cl2N2O4. The molecule has 0 unspecified atom stereocenters. The van der Waals surface area contributed by atoms with Gasteiger partial charge in [-0.25, -0.2) is 0 Å². The molecule has 0 radical (unpaired) electrons. The van der Waals surface area contributed by atoms with Crippen molar-refractivity contribution in [2.75, 3.05) is 26.2 Å². The van der Waals surface area contributed by atoms with Crippen LogP contribution in [0.1, 0.15) is 30.6 Å². The number of benzene rings is 1. The second-order valence-corrected chi connectivity index (χ2v) is 7.56. The molecule has 0 saturated carbocycles. The third-order valence-electron chi connectivity index (χ3n) is 4.15. The Labute approximate surface area is 162 Å². The average molecular weight is 401 g/mol. The van der Waals surface area contributed by atoms with Crippen LogP contribution in [0.2, 0.25) is 10.0 Å². The van der Waals surface area contributed by atoms with E-state index in [0.717, 1.165) is 6.42 Å². The monoisotopic (exact) mass is 400 g/mol. The van der Waals surface area contributed by atoms with Gasteiger partial charge in [-0.1, -0.05) is 37.0 Å². The normalized spacial score (nSPS) is 19.8. The minimum absolute atomic E-state index is 0.187. The van der Waals surface area contributed by atoms with Crippen LogP contribution in [-0.2, 0) is 14.3 Å². The Hall–Kier alpha value is -1.79. The minimum Gasteiger partial charge on any atom is -0.454 e. The van der Waals surface area contributed by atoms with Crippen molar-refractivity contribution in [3.05, 3.63) is 33.8 Å². The first-order chi connectivity index (χ1) is 12.3. The van der Waals surface area contributed by atoms with Gasteiger partial charge in [-0.15, -0.1) is 0 Å². The van der Waals surface area contributed by atoms with Gasteiger partial charge in [0.1, 0.15) is 6.54 Å². The summed E-state index contributed by atoms with van der Waals surface area (Å²) >= 11 is 11.7. The number of ether oxygens (including phenoxy) is 1. The summed E-state index contributed by atoms with van der Waals surface area (Å²) < 4.78 is 4.96. The quantitative estimate of drug-likeness (QED) is 0.770. The van der Waals surface area contributed by atoms with Crippen molar-refractivity contribution < 1.29 is 19.1 Å². The van der Waals surface area contributed by atoms with Gasteiger partial charge in [0.05, 0.1) is 10.6 Å². The Morgan fingerprint density at radius 1 is 1.19 bits per heavy atom. The molecule has 0 aromatic heterocycles. The van der Waals surface area contributed by atoms with Gasteiger partial charge in [-0.05, 0) is 36.5 Å². The molecular weight excluding hydrogens is 379 g/mol. The van der Waals surface area contributed by atoms with Crippen molar-refractivity contribution in [3.63, 3.8) is 0 Å². The van der Waals surface area contributed by atoms with Gasteiger partial charge in [0.25, 0.3) is 11.8 Å². The molecule has 1 aliphatic heterocycles. The third-order valence-corrected chi connectivity index (χ3v) is 4.70. The smallest absolute Gasteiger partial charge is 0.325 e. The van der Waals surface area contributed by atoms with E-state index in [1.54, 1.807) is 4.90 Å². The van der Waals surface area contributed by atoms with Crippen LogP contribution >= 0.6 is 23.2 Å². The van der Waals surface area contributed by atoms with Crippen molar-refractivity contribution in [2.45, 2.75) is 20.3 Å². The van der Waals surface area contributed by atoms with E-state index < -0.39 is 11.9 Å². The topological polar surface area (TPSA) is 75.7 Å². The van der Waals surface area contributed by atoms with Crippen molar-refractivity contribution in [3.8, 4) is 0 Å². The third kappa shape index (κ3) is 5.88. The number of nitrogens with zero attached hydrogens (tertiary/aromatic N) is 1. The van der Waals surface area contributed by atoms with Gasteiger partial charge in [-0.3, -0.25) is 14.4 Å². The van der Waals surface area contributed by atoms with Gasteiger partial charge in [-0.2, -0.15) is 0 Å². The molecule has 1 saturated heterocycles. The molecule has 1 heterocycles. The molecule has 2 amide bonds. The first-order valence-electron chi connectivity index (χ1n) is 8.43. The zero-order valence-corrected chi connectivity index (χ0v) is 16.3. The SMILES string of the molecule is C[C@H]1C[C@H](C)CN(C(=O)COC(=O)CNC(=O)c2ccc(Cl)cc2Cl)C1. The number of hydrogen-bond acceptors (Lipinski definition) is 4. The maximum Gasteiger partial charge on any atom is 0.325 e. The molecule has 1 fully saturated rings. The molecule has 6 nitrogen and oxygen atoms in total. The Morgan fingerprint density at radius 3 is 2.46 bits per heavy atom. The van der Waals surface area contributed by atoms with E-state index in [9.17, 15) is 14.4 Å². The van der Waals surface area contributed by atoms with E-state index in [-0.39, 0.29) is 29.6 Å². The molecule has 1 aromatic rings. The lowest BCUT2D eigenvalue weighted by molar-refractivity contribution is -0.152. The lowest BCUT2D eigenvalue weighted by Gasteiger charge is -2.34. The predicted molar refractivity (Wildman–Crippen MR) is 99.3 cm³/mol. The summed E-state index contributed by atoms with van der Waals surface area (Å²) in [4.78, 5) is 37.7. The number of carbonyl (C=O) groups is 3. The summed E-state index contributed by atoms with van der Waals surface area (Å²) in [6, 6.07) is 4.43. The lowest BCUT2D eigenvalue weighted by Crippen LogP contribution is -2.44. The van der Waals surface area contributed by atoms with E-state index in [1.165, 1.54) is 18.2 Å². The summed E-state index contributed by atoms with van der Waals surface area (Å²) in [5.74, 6) is -0.559. The van der Waals surface area contributed by atoms with Crippen LogP contribution < -0.4 is 5.32 Å². The molecule has 26 heavy (non-hydrogen) atoms. The Morgan fingerprint density at radius 2 is 1.85 bits per heavy atom. The van der Waals surface area contributed by atoms with Crippen molar-refractivity contribution in [1.29, 1.82) is 0 Å². The minimum atomic E-state index is -0.685. The molecule has 8 heteroatoms. The molecule has 2 rings (SSSR count). The van der Waals surface area contributed by atoms with Crippen LogP contribution in [0, 0.1) is 11.8 Å². The second kappa shape index (κ2) is 9.24. The van der Waals surface area contributed by atoms with Crippen molar-refractivity contribution in [1.82, 2.24) is 10.2 Å². The van der Waals surface area contributed by atoms with E-state index in [0.29, 0.717) is 29.9 Å². The number of hydrogen-bond donors (Lipinski definition) is 1. The van der Waals surface area contributed by atoms with Gasteiger partial charge < -0.3 is 15.0 Å². The molecule has 0 spiro atoms. The molecule has 2 atom stereocenters. The van der Waals surface area contributed by atoms with Gasteiger partial charge in [0, 0.05) is 18.1 Å². The highest BCUT2D eigenvalue weighted by atomic mass is 35.5. The van der Waals surface area contributed by atoms with E-state index in [1.807, 2.05) is 0 Å². The molecule has 1 aliphatic rings. The highest BCUT2D eigenvalue weighted by molar-refractivity contribution is 6.36. The van der Waals surface area contributed by atoms with Gasteiger partial charge in [0.2, 0.25) is 0 Å². The Bertz CT molecular complexity index is 686. The van der Waals surface area contributed by atoms with Gasteiger partial charge in [0.15, 0.2) is 6.61 Å². The fourth-order valence-electron chi connectivity index (χ4n) is 3.07. The van der Waals surface area contributed by atoms with Crippen LogP contribution in [0.4, 0.5) is 0 Å². The zero-order valence-electron chi connectivity index (χ0n) is 14.8. The number of nitrogens with one attached hydrogen (secondary N) is 1. The number of esters is 1. The molecule has 0 aliphatic carbocycles. The van der Waals surface area contributed by atoms with Crippen molar-refractivity contribution in [2.24, 2.45) is 11.8 Å². The zero-order chi connectivity index (χ0) is 19.3. The first kappa shape index (κ1) is 20.5. The number of carbonyl (C=O) groups excluding carboxylic acids is 3. The summed E-state index contributed by atoms with van der Waals surface area (Å²) in [6.45, 7) is 4.87.